The summed E-state index contributed by atoms with van der Waals surface area (Å²) in [6.07, 6.45) is 5.02. The molecule has 0 spiro atoms. The predicted molar refractivity (Wildman–Crippen MR) is 76.1 cm³/mol. The van der Waals surface area contributed by atoms with E-state index in [0.717, 1.165) is 11.1 Å². The van der Waals surface area contributed by atoms with Crippen LogP contribution in [-0.2, 0) is 0 Å². The number of phenolic OH excluding ortho intramolecular Hbond substituents is 1. The fourth-order valence-corrected chi connectivity index (χ4v) is 1.91. The number of phenols is 1. The van der Waals surface area contributed by atoms with Crippen molar-refractivity contribution in [2.75, 3.05) is 0 Å². The Bertz CT molecular complexity index is 783. The molecule has 0 saturated carbocycles. The number of rotatable bonds is 3. The molecule has 0 aliphatic heterocycles. The second kappa shape index (κ2) is 5.20. The summed E-state index contributed by atoms with van der Waals surface area (Å²) in [4.78, 5) is 4.22. The Labute approximate surface area is 120 Å². The summed E-state index contributed by atoms with van der Waals surface area (Å²) in [6, 6.07) is 5.22. The maximum Gasteiger partial charge on any atom is 0.181 e. The molecule has 7 heteroatoms. The van der Waals surface area contributed by atoms with Gasteiger partial charge in [-0.2, -0.15) is 0 Å². The number of aryl methyl sites for hydroxylation is 2. The zero-order valence-electron chi connectivity index (χ0n) is 11.6. The Morgan fingerprint density at radius 1 is 1.19 bits per heavy atom. The van der Waals surface area contributed by atoms with Gasteiger partial charge in [-0.25, -0.2) is 14.3 Å². The van der Waals surface area contributed by atoms with E-state index in [1.807, 2.05) is 13.0 Å². The largest absolute Gasteiger partial charge is 0.508 e. The first-order valence-corrected chi connectivity index (χ1v) is 6.31. The predicted octanol–water partition coefficient (Wildman–Crippen LogP) is 2.28. The average Bonchev–Trinajstić information content (AvgIpc) is 3.04. The molecule has 3 rings (SSSR count). The van der Waals surface area contributed by atoms with E-state index >= 15 is 0 Å². The van der Waals surface area contributed by atoms with Crippen LogP contribution in [0.25, 0.3) is 23.7 Å². The standard InChI is InChI=1S/C14H13N5O2/c1-9-5-11(7-12(20)6-9)14-15-8-19(16-14)4-3-13-10(2)17-21-18-13/h3-8,20H,1-2H3/b4-3-. The molecule has 0 bridgehead atoms. The van der Waals surface area contributed by atoms with Crippen molar-refractivity contribution < 1.29 is 9.74 Å². The molecule has 0 unspecified atom stereocenters. The highest BCUT2D eigenvalue weighted by molar-refractivity contribution is 5.61. The van der Waals surface area contributed by atoms with Crippen molar-refractivity contribution in [3.8, 4) is 17.1 Å². The van der Waals surface area contributed by atoms with Crippen molar-refractivity contribution in [1.29, 1.82) is 0 Å². The van der Waals surface area contributed by atoms with Crippen LogP contribution < -0.4 is 0 Å². The molecule has 0 saturated heterocycles. The van der Waals surface area contributed by atoms with E-state index in [1.165, 1.54) is 0 Å². The van der Waals surface area contributed by atoms with Crippen molar-refractivity contribution >= 4 is 12.3 Å². The van der Waals surface area contributed by atoms with Gasteiger partial charge in [0.05, 0.1) is 0 Å². The van der Waals surface area contributed by atoms with Crippen LogP contribution in [0.1, 0.15) is 17.0 Å². The summed E-state index contributed by atoms with van der Waals surface area (Å²) in [5.41, 5.74) is 3.05. The van der Waals surface area contributed by atoms with Gasteiger partial charge in [0.15, 0.2) is 5.82 Å². The summed E-state index contributed by atoms with van der Waals surface area (Å²) in [6.45, 7) is 3.71. The van der Waals surface area contributed by atoms with Crippen LogP contribution in [0, 0.1) is 13.8 Å². The van der Waals surface area contributed by atoms with Crippen LogP contribution in [0.15, 0.2) is 29.2 Å². The molecule has 0 aliphatic carbocycles. The molecule has 7 nitrogen and oxygen atoms in total. The van der Waals surface area contributed by atoms with Crippen molar-refractivity contribution in [3.05, 3.63) is 41.5 Å². The molecule has 106 valence electrons. The first kappa shape index (κ1) is 13.0. The van der Waals surface area contributed by atoms with Gasteiger partial charge in [-0.1, -0.05) is 10.3 Å². The topological polar surface area (TPSA) is 89.9 Å². The molecular weight excluding hydrogens is 270 g/mol. The highest BCUT2D eigenvalue weighted by atomic mass is 16.6. The van der Waals surface area contributed by atoms with Crippen molar-refractivity contribution in [2.24, 2.45) is 0 Å². The molecule has 0 atom stereocenters. The van der Waals surface area contributed by atoms with E-state index in [-0.39, 0.29) is 5.75 Å². The van der Waals surface area contributed by atoms with Gasteiger partial charge < -0.3 is 5.11 Å². The van der Waals surface area contributed by atoms with Gasteiger partial charge in [0.1, 0.15) is 23.5 Å². The second-order valence-electron chi connectivity index (χ2n) is 4.66. The quantitative estimate of drug-likeness (QED) is 0.793. The Morgan fingerprint density at radius 3 is 2.76 bits per heavy atom. The summed E-state index contributed by atoms with van der Waals surface area (Å²) in [5.74, 6) is 0.731. The number of aromatic nitrogens is 5. The SMILES string of the molecule is Cc1cc(O)cc(-c2ncn(/C=C\c3nonc3C)n2)c1. The summed E-state index contributed by atoms with van der Waals surface area (Å²) >= 11 is 0. The lowest BCUT2D eigenvalue weighted by Crippen LogP contribution is -1.88. The highest BCUT2D eigenvalue weighted by Gasteiger charge is 2.06. The normalized spacial score (nSPS) is 11.3. The molecule has 0 fully saturated rings. The third-order valence-electron chi connectivity index (χ3n) is 2.90. The van der Waals surface area contributed by atoms with Gasteiger partial charge in [-0.15, -0.1) is 5.10 Å². The van der Waals surface area contributed by atoms with Gasteiger partial charge in [0.25, 0.3) is 0 Å². The summed E-state index contributed by atoms with van der Waals surface area (Å²) in [7, 11) is 0. The van der Waals surface area contributed by atoms with Crippen molar-refractivity contribution in [1.82, 2.24) is 25.1 Å². The van der Waals surface area contributed by atoms with Gasteiger partial charge in [0, 0.05) is 11.8 Å². The number of benzene rings is 1. The molecule has 2 aromatic heterocycles. The second-order valence-corrected chi connectivity index (χ2v) is 4.66. The minimum absolute atomic E-state index is 0.196. The highest BCUT2D eigenvalue weighted by Crippen LogP contribution is 2.22. The molecule has 21 heavy (non-hydrogen) atoms. The van der Waals surface area contributed by atoms with Crippen LogP contribution in [0.4, 0.5) is 0 Å². The number of hydrogen-bond acceptors (Lipinski definition) is 6. The van der Waals surface area contributed by atoms with Crippen molar-refractivity contribution in [2.45, 2.75) is 13.8 Å². The third kappa shape index (κ3) is 2.81. The van der Waals surface area contributed by atoms with E-state index in [1.54, 1.807) is 42.3 Å². The Kier molecular flexibility index (Phi) is 3.23. The first-order valence-electron chi connectivity index (χ1n) is 6.31. The van der Waals surface area contributed by atoms with Crippen LogP contribution in [0.5, 0.6) is 5.75 Å². The molecule has 3 aromatic rings. The fraction of sp³-hybridized carbons (Fsp3) is 0.143. The third-order valence-corrected chi connectivity index (χ3v) is 2.90. The maximum absolute atomic E-state index is 9.62. The van der Waals surface area contributed by atoms with Gasteiger partial charge in [-0.3, -0.25) is 0 Å². The molecular formula is C14H13N5O2. The molecule has 1 N–H and O–H groups in total. The van der Waals surface area contributed by atoms with Crippen LogP contribution in [0.2, 0.25) is 0 Å². The van der Waals surface area contributed by atoms with Gasteiger partial charge in [0.2, 0.25) is 0 Å². The van der Waals surface area contributed by atoms with E-state index < -0.39 is 0 Å². The number of aromatic hydroxyl groups is 1. The molecule has 0 amide bonds. The van der Waals surface area contributed by atoms with E-state index in [0.29, 0.717) is 17.2 Å². The summed E-state index contributed by atoms with van der Waals surface area (Å²) in [5, 5.41) is 21.4. The lowest BCUT2D eigenvalue weighted by Gasteiger charge is -1.99. The van der Waals surface area contributed by atoms with Gasteiger partial charge >= 0.3 is 0 Å². The molecule has 2 heterocycles. The summed E-state index contributed by atoms with van der Waals surface area (Å²) < 4.78 is 6.17. The van der Waals surface area contributed by atoms with Crippen LogP contribution in [0.3, 0.4) is 0 Å². The van der Waals surface area contributed by atoms with E-state index in [9.17, 15) is 5.11 Å². The van der Waals surface area contributed by atoms with Gasteiger partial charge in [-0.05, 0) is 43.7 Å². The van der Waals surface area contributed by atoms with E-state index in [4.69, 9.17) is 0 Å². The Hall–Kier alpha value is -2.96. The Morgan fingerprint density at radius 2 is 2.05 bits per heavy atom. The zero-order chi connectivity index (χ0) is 14.8. The average molecular weight is 283 g/mol. The van der Waals surface area contributed by atoms with Crippen LogP contribution in [-0.4, -0.2) is 30.2 Å². The first-order chi connectivity index (χ1) is 10.1. The zero-order valence-corrected chi connectivity index (χ0v) is 11.6. The fourth-order valence-electron chi connectivity index (χ4n) is 1.91. The number of hydrogen-bond donors (Lipinski definition) is 1. The van der Waals surface area contributed by atoms with Crippen molar-refractivity contribution in [3.63, 3.8) is 0 Å². The molecule has 1 aromatic carbocycles. The number of nitrogens with zero attached hydrogens (tertiary/aromatic N) is 5. The van der Waals surface area contributed by atoms with Crippen LogP contribution >= 0.6 is 0 Å². The lowest BCUT2D eigenvalue weighted by molar-refractivity contribution is 0.304. The monoisotopic (exact) mass is 283 g/mol. The molecule has 0 aliphatic rings. The molecule has 0 radical (unpaired) electrons. The Balaban J connectivity index is 1.86. The smallest absolute Gasteiger partial charge is 0.181 e. The van der Waals surface area contributed by atoms with E-state index in [2.05, 4.69) is 25.0 Å². The maximum atomic E-state index is 9.62. The lowest BCUT2D eigenvalue weighted by atomic mass is 10.1. The minimum atomic E-state index is 0.196. The minimum Gasteiger partial charge on any atom is -0.508 e.